The van der Waals surface area contributed by atoms with Crippen LogP contribution in [0.3, 0.4) is 0 Å². The largest absolute Gasteiger partial charge is 0.508 e. The molecule has 0 radical (unpaired) electrons. The van der Waals surface area contributed by atoms with E-state index < -0.39 is 11.9 Å². The number of phenols is 1. The maximum Gasteiger partial charge on any atom is 0.306 e. The van der Waals surface area contributed by atoms with Crippen LogP contribution in [0.5, 0.6) is 11.5 Å². The Labute approximate surface area is 196 Å². The number of allylic oxidation sites excluding steroid dienone is 1. The second kappa shape index (κ2) is 9.15. The van der Waals surface area contributed by atoms with Gasteiger partial charge in [-0.25, -0.2) is 0 Å². The molecule has 174 valence electrons. The first-order chi connectivity index (χ1) is 16.5. The Hall–Kier alpha value is -3.91. The molecule has 1 aromatic heterocycles. The van der Waals surface area contributed by atoms with Gasteiger partial charge in [-0.3, -0.25) is 14.6 Å². The minimum Gasteiger partial charge on any atom is -0.508 e. The summed E-state index contributed by atoms with van der Waals surface area (Å²) in [6, 6.07) is 12.4. The molecular formula is C26H24N2O6. The molecule has 0 spiro atoms. The summed E-state index contributed by atoms with van der Waals surface area (Å²) in [7, 11) is 1.32. The van der Waals surface area contributed by atoms with Gasteiger partial charge in [0.2, 0.25) is 5.78 Å². The van der Waals surface area contributed by atoms with E-state index in [1.807, 2.05) is 35.2 Å². The number of benzene rings is 2. The first-order valence-electron chi connectivity index (χ1n) is 11.1. The Morgan fingerprint density at radius 2 is 2.06 bits per heavy atom. The van der Waals surface area contributed by atoms with E-state index in [9.17, 15) is 14.7 Å². The number of fused-ring (bicyclic) bond motifs is 2. The topological polar surface area (TPSA) is 98.2 Å². The lowest BCUT2D eigenvalue weighted by Crippen LogP contribution is -2.32. The van der Waals surface area contributed by atoms with Crippen LogP contribution in [-0.4, -0.2) is 60.2 Å². The summed E-state index contributed by atoms with van der Waals surface area (Å²) >= 11 is 0. The third kappa shape index (κ3) is 4.08. The highest BCUT2D eigenvalue weighted by Gasteiger charge is 2.36. The molecule has 3 aromatic rings. The lowest BCUT2D eigenvalue weighted by atomic mass is 9.85. The molecule has 0 bridgehead atoms. The number of ether oxygens (including phenoxy) is 3. The number of hydrogen-bond acceptors (Lipinski definition) is 8. The van der Waals surface area contributed by atoms with Crippen LogP contribution in [0.15, 0.2) is 60.6 Å². The zero-order valence-electron chi connectivity index (χ0n) is 18.7. The summed E-state index contributed by atoms with van der Waals surface area (Å²) in [5.41, 5.74) is 2.32. The predicted octanol–water partition coefficient (Wildman–Crippen LogP) is 3.38. The van der Waals surface area contributed by atoms with Crippen molar-refractivity contribution >= 4 is 22.7 Å². The van der Waals surface area contributed by atoms with Crippen LogP contribution in [0.2, 0.25) is 0 Å². The van der Waals surface area contributed by atoms with Gasteiger partial charge in [0.25, 0.3) is 0 Å². The van der Waals surface area contributed by atoms with Gasteiger partial charge in [0, 0.05) is 42.4 Å². The van der Waals surface area contributed by atoms with Gasteiger partial charge in [-0.2, -0.15) is 0 Å². The maximum absolute atomic E-state index is 13.1. The first kappa shape index (κ1) is 21.9. The number of esters is 1. The SMILES string of the molecule is COC(=O)CC(c1ccc2ncccc2c1)c1c(O)ccc2c1OC(=CN1CCOCC1)C2=O. The quantitative estimate of drug-likeness (QED) is 0.457. The van der Waals surface area contributed by atoms with Gasteiger partial charge in [-0.15, -0.1) is 0 Å². The Balaban J connectivity index is 1.59. The fourth-order valence-corrected chi connectivity index (χ4v) is 4.41. The van der Waals surface area contributed by atoms with Crippen molar-refractivity contribution in [2.75, 3.05) is 33.4 Å². The highest BCUT2D eigenvalue weighted by molar-refractivity contribution is 6.12. The van der Waals surface area contributed by atoms with Crippen LogP contribution in [0.1, 0.15) is 33.8 Å². The molecule has 1 N–H and O–H groups in total. The average Bonchev–Trinajstić information content (AvgIpc) is 3.18. The molecule has 3 heterocycles. The molecule has 1 fully saturated rings. The van der Waals surface area contributed by atoms with E-state index in [0.29, 0.717) is 37.4 Å². The zero-order chi connectivity index (χ0) is 23.7. The smallest absolute Gasteiger partial charge is 0.306 e. The standard InChI is InChI=1S/C26H24N2O6/c1-32-23(30)14-19(16-4-6-20-17(13-16)3-2-8-27-20)24-21(29)7-5-18-25(31)22(34-26(18)24)15-28-9-11-33-12-10-28/h2-8,13,15,19,29H,9-12,14H2,1H3. The van der Waals surface area contributed by atoms with E-state index in [4.69, 9.17) is 14.2 Å². The van der Waals surface area contributed by atoms with E-state index in [1.165, 1.54) is 13.2 Å². The highest BCUT2D eigenvalue weighted by Crippen LogP contribution is 2.46. The number of methoxy groups -OCH3 is 1. The van der Waals surface area contributed by atoms with Crippen molar-refractivity contribution in [3.05, 3.63) is 77.3 Å². The summed E-state index contributed by atoms with van der Waals surface area (Å²) < 4.78 is 16.4. The number of aromatic hydroxyl groups is 1. The molecule has 1 unspecified atom stereocenters. The number of Topliss-reactive ketones (excluding diaryl/α,β-unsaturated/α-hetero) is 1. The van der Waals surface area contributed by atoms with Gasteiger partial charge in [-0.05, 0) is 35.9 Å². The lowest BCUT2D eigenvalue weighted by Gasteiger charge is -2.25. The second-order valence-corrected chi connectivity index (χ2v) is 8.24. The molecule has 2 aliphatic rings. The number of morpholine rings is 1. The minimum atomic E-state index is -0.595. The molecule has 5 rings (SSSR count). The number of hydrogen-bond donors (Lipinski definition) is 1. The molecule has 8 heteroatoms. The summed E-state index contributed by atoms with van der Waals surface area (Å²) in [6.07, 6.45) is 3.38. The fourth-order valence-electron chi connectivity index (χ4n) is 4.41. The van der Waals surface area contributed by atoms with Crippen LogP contribution < -0.4 is 4.74 Å². The van der Waals surface area contributed by atoms with Crippen LogP contribution in [0.25, 0.3) is 10.9 Å². The summed E-state index contributed by atoms with van der Waals surface area (Å²) in [5, 5.41) is 11.8. The molecular weight excluding hydrogens is 436 g/mol. The second-order valence-electron chi connectivity index (χ2n) is 8.24. The van der Waals surface area contributed by atoms with Crippen LogP contribution in [0.4, 0.5) is 0 Å². The zero-order valence-corrected chi connectivity index (χ0v) is 18.7. The van der Waals surface area contributed by atoms with Gasteiger partial charge in [0.1, 0.15) is 11.5 Å². The van der Waals surface area contributed by atoms with E-state index in [0.717, 1.165) is 16.5 Å². The minimum absolute atomic E-state index is 0.0354. The van der Waals surface area contributed by atoms with Crippen LogP contribution >= 0.6 is 0 Å². The van der Waals surface area contributed by atoms with Gasteiger partial charge >= 0.3 is 5.97 Å². The predicted molar refractivity (Wildman–Crippen MR) is 124 cm³/mol. The molecule has 8 nitrogen and oxygen atoms in total. The summed E-state index contributed by atoms with van der Waals surface area (Å²) in [6.45, 7) is 2.47. The third-order valence-electron chi connectivity index (χ3n) is 6.18. The van der Waals surface area contributed by atoms with Crippen molar-refractivity contribution < 1.29 is 28.9 Å². The Morgan fingerprint density at radius 1 is 1.24 bits per heavy atom. The van der Waals surface area contributed by atoms with Gasteiger partial charge < -0.3 is 24.2 Å². The van der Waals surface area contributed by atoms with E-state index in [2.05, 4.69) is 4.98 Å². The van der Waals surface area contributed by atoms with Crippen molar-refractivity contribution in [2.45, 2.75) is 12.3 Å². The monoisotopic (exact) mass is 460 g/mol. The number of carbonyl (C=O) groups excluding carboxylic acids is 2. The number of pyridine rings is 1. The molecule has 1 atom stereocenters. The van der Waals surface area contributed by atoms with Gasteiger partial charge in [0.05, 0.1) is 37.8 Å². The van der Waals surface area contributed by atoms with E-state index >= 15 is 0 Å². The van der Waals surface area contributed by atoms with Crippen molar-refractivity contribution in [3.8, 4) is 11.5 Å². The highest BCUT2D eigenvalue weighted by atomic mass is 16.5. The molecule has 34 heavy (non-hydrogen) atoms. The number of phenolic OH excluding ortho intramolecular Hbond substituents is 1. The number of nitrogens with zero attached hydrogens (tertiary/aromatic N) is 2. The van der Waals surface area contributed by atoms with Gasteiger partial charge in [0.15, 0.2) is 5.76 Å². The van der Waals surface area contributed by atoms with Crippen molar-refractivity contribution in [1.82, 2.24) is 9.88 Å². The first-order valence-corrected chi connectivity index (χ1v) is 11.1. The lowest BCUT2D eigenvalue weighted by molar-refractivity contribution is -0.140. The van der Waals surface area contributed by atoms with Crippen molar-refractivity contribution in [3.63, 3.8) is 0 Å². The third-order valence-corrected chi connectivity index (χ3v) is 6.18. The summed E-state index contributed by atoms with van der Waals surface area (Å²) in [4.78, 5) is 31.8. The summed E-state index contributed by atoms with van der Waals surface area (Å²) in [5.74, 6) is -0.904. The Bertz CT molecular complexity index is 1300. The number of ketones is 1. The maximum atomic E-state index is 13.1. The molecule has 1 saturated heterocycles. The van der Waals surface area contributed by atoms with Crippen LogP contribution in [0, 0.1) is 0 Å². The van der Waals surface area contributed by atoms with Gasteiger partial charge in [-0.1, -0.05) is 12.1 Å². The molecule has 0 amide bonds. The normalized spacial score (nSPS) is 17.5. The number of rotatable bonds is 5. The molecule has 2 aliphatic heterocycles. The molecule has 2 aromatic carbocycles. The van der Waals surface area contributed by atoms with Crippen molar-refractivity contribution in [2.24, 2.45) is 0 Å². The Kier molecular flexibility index (Phi) is 5.90. The molecule has 0 aliphatic carbocycles. The number of aromatic nitrogens is 1. The van der Waals surface area contributed by atoms with E-state index in [1.54, 1.807) is 18.5 Å². The molecule has 0 saturated carbocycles. The van der Waals surface area contributed by atoms with E-state index in [-0.39, 0.29) is 29.5 Å². The Morgan fingerprint density at radius 3 is 2.85 bits per heavy atom. The number of carbonyl (C=O) groups is 2. The van der Waals surface area contributed by atoms with Crippen molar-refractivity contribution in [1.29, 1.82) is 0 Å². The average molecular weight is 460 g/mol. The van der Waals surface area contributed by atoms with Crippen LogP contribution in [-0.2, 0) is 14.3 Å². The fraction of sp³-hybridized carbons (Fsp3) is 0.269.